The Balaban J connectivity index is 0.00000217. The maximum absolute atomic E-state index is 5.95. The summed E-state index contributed by atoms with van der Waals surface area (Å²) in [7, 11) is 0. The Kier molecular flexibility index (Phi) is 5.15. The monoisotopic (exact) mass is 621 g/mol. The summed E-state index contributed by atoms with van der Waals surface area (Å²) >= 11 is 0. The summed E-state index contributed by atoms with van der Waals surface area (Å²) in [4.78, 5) is 13.5. The molecule has 2 aliphatic heterocycles. The normalized spacial score (nSPS) is 14.5. The fraction of sp³-hybridized carbons (Fsp3) is 0.107. The van der Waals surface area contributed by atoms with Gasteiger partial charge in [0.2, 0.25) is 0 Å². The van der Waals surface area contributed by atoms with Crippen LogP contribution in [0.1, 0.15) is 22.9 Å². The predicted molar refractivity (Wildman–Crippen MR) is 132 cm³/mol. The van der Waals surface area contributed by atoms with Crippen LogP contribution in [0.25, 0.3) is 38.5 Å². The fourth-order valence-electron chi connectivity index (χ4n) is 4.80. The molecule has 0 radical (unpaired) electrons. The molecule has 7 rings (SSSR count). The average Bonchev–Trinajstić information content (AvgIpc) is 3.47. The summed E-state index contributed by atoms with van der Waals surface area (Å²) in [6, 6.07) is 24.2. The van der Waals surface area contributed by atoms with Gasteiger partial charge in [-0.05, 0) is 30.5 Å². The molecular weight excluding hydrogens is 603 g/mol. The average molecular weight is 622 g/mol. The third kappa shape index (κ3) is 3.31. The molecule has 34 heavy (non-hydrogen) atoms. The summed E-state index contributed by atoms with van der Waals surface area (Å²) in [5.41, 5.74) is 9.92. The van der Waals surface area contributed by atoms with Gasteiger partial charge in [-0.25, -0.2) is 0 Å². The van der Waals surface area contributed by atoms with E-state index in [1.165, 1.54) is 11.1 Å². The van der Waals surface area contributed by atoms with E-state index in [0.29, 0.717) is 0 Å². The first-order valence-electron chi connectivity index (χ1n) is 11.1. The second kappa shape index (κ2) is 8.34. The molecular formula is C28H18N4OPt. The van der Waals surface area contributed by atoms with Gasteiger partial charge >= 0.3 is 21.1 Å². The summed E-state index contributed by atoms with van der Waals surface area (Å²) in [5, 5.41) is 6.14. The number of hydrogen-bond acceptors (Lipinski definition) is 4. The molecule has 5 aromatic rings. The minimum Gasteiger partial charge on any atom is -0.663 e. The van der Waals surface area contributed by atoms with Crippen molar-refractivity contribution in [3.8, 4) is 11.1 Å². The van der Waals surface area contributed by atoms with Crippen molar-refractivity contribution < 1.29 is 25.5 Å². The number of aryl methyl sites for hydroxylation is 2. The van der Waals surface area contributed by atoms with Crippen LogP contribution in [0.3, 0.4) is 0 Å². The summed E-state index contributed by atoms with van der Waals surface area (Å²) < 4.78 is 5.95. The Morgan fingerprint density at radius 1 is 0.824 bits per heavy atom. The molecule has 0 saturated carbocycles. The Morgan fingerprint density at radius 3 is 2.47 bits per heavy atom. The van der Waals surface area contributed by atoms with Crippen LogP contribution in [-0.2, 0) is 33.9 Å². The predicted octanol–water partition coefficient (Wildman–Crippen LogP) is 7.03. The van der Waals surface area contributed by atoms with Gasteiger partial charge in [-0.15, -0.1) is 23.4 Å². The van der Waals surface area contributed by atoms with Gasteiger partial charge in [0.05, 0.1) is 5.58 Å². The third-order valence-corrected chi connectivity index (χ3v) is 6.38. The topological polar surface area (TPSA) is 64.8 Å². The number of nitrogens with zero attached hydrogens (tertiary/aromatic N) is 4. The molecule has 0 atom stereocenters. The first kappa shape index (κ1) is 21.0. The van der Waals surface area contributed by atoms with Crippen molar-refractivity contribution in [1.29, 1.82) is 0 Å². The number of pyridine rings is 1. The number of para-hydroxylation sites is 2. The third-order valence-electron chi connectivity index (χ3n) is 6.38. The van der Waals surface area contributed by atoms with Gasteiger partial charge in [0, 0.05) is 24.1 Å². The van der Waals surface area contributed by atoms with Crippen LogP contribution in [0, 0.1) is 6.07 Å². The van der Waals surface area contributed by atoms with Crippen LogP contribution in [0.2, 0.25) is 0 Å². The molecule has 2 aromatic heterocycles. The van der Waals surface area contributed by atoms with Crippen molar-refractivity contribution in [2.24, 2.45) is 9.98 Å². The van der Waals surface area contributed by atoms with E-state index >= 15 is 0 Å². The number of furan rings is 1. The molecule has 0 saturated heterocycles. The molecule has 2 aliphatic rings. The van der Waals surface area contributed by atoms with Crippen molar-refractivity contribution in [2.75, 3.05) is 0 Å². The van der Waals surface area contributed by atoms with Crippen molar-refractivity contribution in [3.05, 3.63) is 94.9 Å². The quantitative estimate of drug-likeness (QED) is 0.199. The van der Waals surface area contributed by atoms with Gasteiger partial charge in [0.1, 0.15) is 5.58 Å². The van der Waals surface area contributed by atoms with Gasteiger partial charge in [-0.2, -0.15) is 5.69 Å². The molecule has 0 unspecified atom stereocenters. The fourth-order valence-corrected chi connectivity index (χ4v) is 4.80. The first-order chi connectivity index (χ1) is 16.3. The molecule has 0 spiro atoms. The van der Waals surface area contributed by atoms with Crippen LogP contribution in [0.15, 0.2) is 81.3 Å². The van der Waals surface area contributed by atoms with E-state index < -0.39 is 0 Å². The Bertz CT molecular complexity index is 1610. The van der Waals surface area contributed by atoms with Crippen molar-refractivity contribution >= 4 is 45.9 Å². The zero-order valence-electron chi connectivity index (χ0n) is 18.0. The summed E-state index contributed by atoms with van der Waals surface area (Å²) in [6.07, 6.45) is 6.94. The Hall–Kier alpha value is -3.56. The molecule has 4 heterocycles. The molecule has 0 fully saturated rings. The largest absolute Gasteiger partial charge is 2.00 e. The minimum atomic E-state index is -0.219. The van der Waals surface area contributed by atoms with Gasteiger partial charge < -0.3 is 9.73 Å². The Morgan fingerprint density at radius 2 is 1.62 bits per heavy atom. The van der Waals surface area contributed by atoms with E-state index in [0.717, 1.165) is 63.0 Å². The second-order valence-electron chi connectivity index (χ2n) is 8.31. The van der Waals surface area contributed by atoms with Gasteiger partial charge in [0.15, 0.2) is 6.17 Å². The van der Waals surface area contributed by atoms with E-state index in [4.69, 9.17) is 9.73 Å². The van der Waals surface area contributed by atoms with Crippen LogP contribution in [0.4, 0.5) is 11.4 Å². The van der Waals surface area contributed by atoms with Gasteiger partial charge in [0.25, 0.3) is 0 Å². The summed E-state index contributed by atoms with van der Waals surface area (Å²) in [5.74, 6) is 0. The van der Waals surface area contributed by atoms with Crippen LogP contribution in [0.5, 0.6) is 0 Å². The Labute approximate surface area is 210 Å². The number of benzene rings is 3. The van der Waals surface area contributed by atoms with E-state index in [-0.39, 0.29) is 27.2 Å². The number of rotatable bonds is 2. The molecule has 0 amide bonds. The standard InChI is InChI=1S/C28H18N4O.Pt/c1-4-17-9-10-18-5-2-7-21(28-30-14-15-31-28)26(18)32-25(17)20(6-1)19-11-12-23-22(16-19)27-24(33-23)8-3-13-29-27;/h1-8,11-15,28H,9-10H2;/q-2;+2. The van der Waals surface area contributed by atoms with E-state index in [1.807, 2.05) is 18.2 Å². The zero-order chi connectivity index (χ0) is 21.8. The molecule has 0 N–H and O–H groups in total. The van der Waals surface area contributed by atoms with Crippen LogP contribution >= 0.6 is 0 Å². The van der Waals surface area contributed by atoms with Crippen LogP contribution < -0.4 is 0 Å². The van der Waals surface area contributed by atoms with Gasteiger partial charge in [-0.1, -0.05) is 64.5 Å². The number of aromatic nitrogens is 1. The molecule has 5 nitrogen and oxygen atoms in total. The van der Waals surface area contributed by atoms with E-state index in [2.05, 4.69) is 63.5 Å². The first-order valence-corrected chi connectivity index (χ1v) is 11.1. The van der Waals surface area contributed by atoms with E-state index in [9.17, 15) is 0 Å². The SMILES string of the molecule is [Pt+2].[c-]1c(-c2cccc3c2[N-]c2c(cccc2C2N=CC=N2)CC3)ccc2oc3cccnc3c12. The maximum Gasteiger partial charge on any atom is 2.00 e. The molecule has 6 heteroatoms. The molecule has 0 aliphatic carbocycles. The number of fused-ring (bicyclic) bond motifs is 5. The molecule has 0 bridgehead atoms. The zero-order valence-corrected chi connectivity index (χ0v) is 20.3. The minimum absolute atomic E-state index is 0. The van der Waals surface area contributed by atoms with E-state index in [1.54, 1.807) is 18.6 Å². The van der Waals surface area contributed by atoms with Gasteiger partial charge in [-0.3, -0.25) is 15.0 Å². The van der Waals surface area contributed by atoms with Crippen molar-refractivity contribution in [3.63, 3.8) is 0 Å². The molecule has 3 aromatic carbocycles. The number of aliphatic imine (C=N–C) groups is 2. The van der Waals surface area contributed by atoms with Crippen molar-refractivity contribution in [1.82, 2.24) is 4.98 Å². The second-order valence-corrected chi connectivity index (χ2v) is 8.31. The maximum atomic E-state index is 5.95. The smallest absolute Gasteiger partial charge is 0.663 e. The number of hydrogen-bond donors (Lipinski definition) is 0. The summed E-state index contributed by atoms with van der Waals surface area (Å²) in [6.45, 7) is 0. The van der Waals surface area contributed by atoms with Crippen molar-refractivity contribution in [2.45, 2.75) is 19.0 Å². The molecule has 166 valence electrons. The van der Waals surface area contributed by atoms with Crippen LogP contribution in [-0.4, -0.2) is 17.4 Å².